The zero-order valence-corrected chi connectivity index (χ0v) is 16.6. The summed E-state index contributed by atoms with van der Waals surface area (Å²) >= 11 is 0. The highest BCUT2D eigenvalue weighted by Gasteiger charge is 2.09. The molecule has 0 saturated heterocycles. The molecular weight excluding hydrogens is 300 g/mol. The Bertz CT molecular complexity index is 292. The van der Waals surface area contributed by atoms with Gasteiger partial charge in [-0.3, -0.25) is 9.59 Å². The summed E-state index contributed by atoms with van der Waals surface area (Å²) in [5.41, 5.74) is 0. The highest BCUT2D eigenvalue weighted by Crippen LogP contribution is 2.12. The lowest BCUT2D eigenvalue weighted by Crippen LogP contribution is -2.30. The van der Waals surface area contributed by atoms with E-state index in [4.69, 9.17) is 0 Å². The summed E-state index contributed by atoms with van der Waals surface area (Å²) in [5, 5.41) is 0. The Kier molecular flexibility index (Phi) is 14.8. The molecule has 0 unspecified atom stereocenters. The van der Waals surface area contributed by atoms with Crippen molar-refractivity contribution in [2.45, 2.75) is 91.9 Å². The minimum absolute atomic E-state index is 0.304. The van der Waals surface area contributed by atoms with Gasteiger partial charge in [-0.1, -0.05) is 38.5 Å². The van der Waals surface area contributed by atoms with Crippen LogP contribution in [0.3, 0.4) is 0 Å². The van der Waals surface area contributed by atoms with Gasteiger partial charge in [0.15, 0.2) is 0 Å². The quantitative estimate of drug-likeness (QED) is 0.408. The lowest BCUT2D eigenvalue weighted by molar-refractivity contribution is -0.131. The summed E-state index contributed by atoms with van der Waals surface area (Å²) in [4.78, 5) is 27.5. The first-order chi connectivity index (χ1) is 11.6. The van der Waals surface area contributed by atoms with Gasteiger partial charge in [-0.05, 0) is 40.5 Å². The van der Waals surface area contributed by atoms with Crippen LogP contribution >= 0.6 is 0 Å². The average molecular weight is 341 g/mol. The maximum Gasteiger partial charge on any atom is 0.222 e. The summed E-state index contributed by atoms with van der Waals surface area (Å²) in [6.07, 6.45) is 10.7. The largest absolute Gasteiger partial charge is 0.343 e. The van der Waals surface area contributed by atoms with E-state index in [9.17, 15) is 9.59 Å². The Hall–Kier alpha value is -1.06. The van der Waals surface area contributed by atoms with Crippen molar-refractivity contribution < 1.29 is 9.59 Å². The summed E-state index contributed by atoms with van der Waals surface area (Å²) in [6, 6.07) is 0. The number of rotatable bonds is 15. The first kappa shape index (κ1) is 22.9. The second-order valence-electron chi connectivity index (χ2n) is 6.46. The monoisotopic (exact) mass is 340 g/mol. The van der Waals surface area contributed by atoms with E-state index in [1.165, 1.54) is 25.7 Å². The van der Waals surface area contributed by atoms with Crippen LogP contribution in [0.25, 0.3) is 0 Å². The van der Waals surface area contributed by atoms with Crippen molar-refractivity contribution in [1.82, 2.24) is 9.80 Å². The fourth-order valence-electron chi connectivity index (χ4n) is 3.08. The van der Waals surface area contributed by atoms with Crippen molar-refractivity contribution in [3.63, 3.8) is 0 Å². The summed E-state index contributed by atoms with van der Waals surface area (Å²) in [5.74, 6) is 0.607. The van der Waals surface area contributed by atoms with Gasteiger partial charge >= 0.3 is 0 Å². The molecule has 0 heterocycles. The first-order valence-electron chi connectivity index (χ1n) is 10.2. The van der Waals surface area contributed by atoms with E-state index in [1.807, 2.05) is 37.5 Å². The lowest BCUT2D eigenvalue weighted by Gasteiger charge is -2.18. The minimum Gasteiger partial charge on any atom is -0.343 e. The summed E-state index contributed by atoms with van der Waals surface area (Å²) in [6.45, 7) is 11.5. The second-order valence-corrected chi connectivity index (χ2v) is 6.46. The number of nitrogens with zero attached hydrogens (tertiary/aromatic N) is 2. The molecule has 4 nitrogen and oxygen atoms in total. The highest BCUT2D eigenvalue weighted by atomic mass is 16.2. The van der Waals surface area contributed by atoms with Gasteiger partial charge in [0, 0.05) is 39.0 Å². The van der Waals surface area contributed by atoms with E-state index in [1.54, 1.807) is 0 Å². The summed E-state index contributed by atoms with van der Waals surface area (Å²) in [7, 11) is 0. The van der Waals surface area contributed by atoms with Crippen LogP contribution in [0.1, 0.15) is 91.9 Å². The number of carbonyl (C=O) groups excluding carboxylic acids is 2. The number of hydrogen-bond donors (Lipinski definition) is 0. The Morgan fingerprint density at radius 1 is 0.500 bits per heavy atom. The molecule has 0 aliphatic rings. The first-order valence-corrected chi connectivity index (χ1v) is 10.2. The molecule has 142 valence electrons. The molecule has 0 aromatic rings. The van der Waals surface area contributed by atoms with Crippen LogP contribution in [0.15, 0.2) is 0 Å². The van der Waals surface area contributed by atoms with Crippen molar-refractivity contribution in [3.05, 3.63) is 0 Å². The fourth-order valence-corrected chi connectivity index (χ4v) is 3.08. The predicted octanol–water partition coefficient (Wildman–Crippen LogP) is 4.62. The number of hydrogen-bond acceptors (Lipinski definition) is 2. The van der Waals surface area contributed by atoms with Crippen LogP contribution in [0, 0.1) is 0 Å². The zero-order valence-electron chi connectivity index (χ0n) is 16.6. The van der Waals surface area contributed by atoms with Crippen LogP contribution in [0.5, 0.6) is 0 Å². The van der Waals surface area contributed by atoms with Crippen LogP contribution < -0.4 is 0 Å². The molecule has 0 spiro atoms. The Morgan fingerprint density at radius 3 is 1.00 bits per heavy atom. The van der Waals surface area contributed by atoms with Gasteiger partial charge < -0.3 is 9.80 Å². The lowest BCUT2D eigenvalue weighted by atomic mass is 10.1. The molecule has 0 saturated carbocycles. The van der Waals surface area contributed by atoms with Gasteiger partial charge in [-0.25, -0.2) is 0 Å². The molecule has 0 N–H and O–H groups in total. The van der Waals surface area contributed by atoms with E-state index >= 15 is 0 Å². The normalized spacial score (nSPS) is 10.7. The molecule has 2 amide bonds. The maximum absolute atomic E-state index is 11.9. The third-order valence-corrected chi connectivity index (χ3v) is 4.76. The molecule has 0 aromatic carbocycles. The molecular formula is C20H40N2O2. The molecule has 0 bridgehead atoms. The molecule has 0 radical (unpaired) electrons. The second kappa shape index (κ2) is 15.5. The molecule has 0 atom stereocenters. The minimum atomic E-state index is 0.304. The van der Waals surface area contributed by atoms with Crippen molar-refractivity contribution in [3.8, 4) is 0 Å². The van der Waals surface area contributed by atoms with Gasteiger partial charge in [-0.15, -0.1) is 0 Å². The van der Waals surface area contributed by atoms with E-state index < -0.39 is 0 Å². The molecule has 0 aliphatic heterocycles. The number of amides is 2. The Morgan fingerprint density at radius 2 is 0.750 bits per heavy atom. The smallest absolute Gasteiger partial charge is 0.222 e. The van der Waals surface area contributed by atoms with E-state index in [-0.39, 0.29) is 0 Å². The van der Waals surface area contributed by atoms with Gasteiger partial charge in [0.2, 0.25) is 11.8 Å². The van der Waals surface area contributed by atoms with Crippen LogP contribution in [-0.2, 0) is 9.59 Å². The molecule has 24 heavy (non-hydrogen) atoms. The van der Waals surface area contributed by atoms with Crippen LogP contribution in [0.2, 0.25) is 0 Å². The SMILES string of the molecule is CCN(CC)C(=O)CCCCCCCCCCC(=O)N(CC)CC. The van der Waals surface area contributed by atoms with Crippen molar-refractivity contribution >= 4 is 11.8 Å². The van der Waals surface area contributed by atoms with Gasteiger partial charge in [0.25, 0.3) is 0 Å². The number of carbonyl (C=O) groups is 2. The van der Waals surface area contributed by atoms with Crippen LogP contribution in [-0.4, -0.2) is 47.8 Å². The Labute approximate surface area is 150 Å². The van der Waals surface area contributed by atoms with E-state index in [0.29, 0.717) is 24.7 Å². The molecule has 0 fully saturated rings. The van der Waals surface area contributed by atoms with Gasteiger partial charge in [-0.2, -0.15) is 0 Å². The third-order valence-electron chi connectivity index (χ3n) is 4.76. The topological polar surface area (TPSA) is 40.6 Å². The predicted molar refractivity (Wildman–Crippen MR) is 102 cm³/mol. The number of unbranched alkanes of at least 4 members (excludes halogenated alkanes) is 7. The van der Waals surface area contributed by atoms with Crippen molar-refractivity contribution in [1.29, 1.82) is 0 Å². The average Bonchev–Trinajstić information content (AvgIpc) is 2.58. The highest BCUT2D eigenvalue weighted by molar-refractivity contribution is 5.76. The summed E-state index contributed by atoms with van der Waals surface area (Å²) < 4.78 is 0. The third kappa shape index (κ3) is 10.7. The standard InChI is InChI=1S/C20H40N2O2/c1-5-21(6-2)19(23)17-15-13-11-9-10-12-14-16-18-20(24)22(7-3)8-4/h5-18H2,1-4H3. The van der Waals surface area contributed by atoms with Gasteiger partial charge in [0.05, 0.1) is 0 Å². The zero-order chi connectivity index (χ0) is 18.2. The van der Waals surface area contributed by atoms with Crippen molar-refractivity contribution in [2.24, 2.45) is 0 Å². The van der Waals surface area contributed by atoms with E-state index in [0.717, 1.165) is 51.9 Å². The maximum atomic E-state index is 11.9. The van der Waals surface area contributed by atoms with Crippen LogP contribution in [0.4, 0.5) is 0 Å². The van der Waals surface area contributed by atoms with Crippen molar-refractivity contribution in [2.75, 3.05) is 26.2 Å². The molecule has 0 rings (SSSR count). The fraction of sp³-hybridized carbons (Fsp3) is 0.900. The molecule has 0 aliphatic carbocycles. The van der Waals surface area contributed by atoms with E-state index in [2.05, 4.69) is 0 Å². The molecule has 4 heteroatoms. The van der Waals surface area contributed by atoms with Gasteiger partial charge in [0.1, 0.15) is 0 Å². The molecule has 0 aromatic heterocycles. The Balaban J connectivity index is 3.43.